The maximum atomic E-state index is 6.07. The van der Waals surface area contributed by atoms with Crippen LogP contribution in [-0.2, 0) is 13.7 Å². The average Bonchev–Trinajstić information content (AvgIpc) is 2.88. The minimum Gasteiger partial charge on any atom is -0.445 e. The van der Waals surface area contributed by atoms with Crippen LogP contribution in [0.2, 0.25) is 0 Å². The molecule has 1 fully saturated rings. The molecule has 0 aromatic carbocycles. The largest absolute Gasteiger partial charge is 0.467 e. The average molecular weight is 448 g/mol. The van der Waals surface area contributed by atoms with Crippen LogP contribution in [0.15, 0.2) is 122 Å². The molecule has 0 saturated carbocycles. The Kier molecular flexibility index (Phi) is 27.3. The molecular weight excluding hydrogens is 405 g/mol. The summed E-state index contributed by atoms with van der Waals surface area (Å²) in [7, 11) is -2.00. The normalized spacial score (nSPS) is 14.3. The summed E-state index contributed by atoms with van der Waals surface area (Å²) in [5, 5.41) is 0. The fraction of sp³-hybridized carbons (Fsp3) is 0.259. The van der Waals surface area contributed by atoms with E-state index in [4.69, 9.17) is 13.7 Å². The number of rotatable bonds is 10. The van der Waals surface area contributed by atoms with Gasteiger partial charge < -0.3 is 13.7 Å². The van der Waals surface area contributed by atoms with E-state index in [1.165, 1.54) is 0 Å². The zero-order valence-corrected chi connectivity index (χ0v) is 21.9. The van der Waals surface area contributed by atoms with Gasteiger partial charge in [0.05, 0.1) is 0 Å². The number of allylic oxidation sites excluding steroid dienone is 15. The molecule has 178 valence electrons. The van der Waals surface area contributed by atoms with Gasteiger partial charge in [0, 0.05) is 0 Å². The first kappa shape index (κ1) is 35.1. The molecule has 0 aromatic heterocycles. The van der Waals surface area contributed by atoms with E-state index in [0.717, 1.165) is 16.4 Å². The third-order valence-corrected chi connectivity index (χ3v) is 3.51. The zero-order valence-electron chi connectivity index (χ0n) is 21.9. The Bertz CT molecular complexity index is 716. The Morgan fingerprint density at radius 2 is 0.909 bits per heavy atom. The van der Waals surface area contributed by atoms with Crippen LogP contribution < -0.4 is 0 Å². The van der Waals surface area contributed by atoms with Crippen molar-refractivity contribution in [3.63, 3.8) is 0 Å². The highest BCUT2D eigenvalue weighted by molar-refractivity contribution is 6.82. The molecule has 6 heteroatoms. The van der Waals surface area contributed by atoms with E-state index < -0.39 is 21.4 Å². The molecule has 33 heavy (non-hydrogen) atoms. The van der Waals surface area contributed by atoms with Gasteiger partial charge >= 0.3 is 21.4 Å². The Morgan fingerprint density at radius 1 is 0.545 bits per heavy atom. The predicted molar refractivity (Wildman–Crippen MR) is 154 cm³/mol. The van der Waals surface area contributed by atoms with Gasteiger partial charge in [0.25, 0.3) is 0 Å². The van der Waals surface area contributed by atoms with Crippen molar-refractivity contribution in [2.45, 2.75) is 48.5 Å². The summed E-state index contributed by atoms with van der Waals surface area (Å²) in [4.78, 5) is 0. The molecule has 1 rings (SSSR count). The Morgan fingerprint density at radius 3 is 1.24 bits per heavy atom. The Balaban J connectivity index is -0.00000138. The summed E-state index contributed by atoms with van der Waals surface area (Å²) >= 11 is 0. The van der Waals surface area contributed by atoms with E-state index in [1.807, 2.05) is 84.9 Å². The monoisotopic (exact) mass is 448 g/mol. The van der Waals surface area contributed by atoms with Crippen molar-refractivity contribution < 1.29 is 13.7 Å². The van der Waals surface area contributed by atoms with E-state index in [0.29, 0.717) is 0 Å². The Labute approximate surface area is 205 Å². The van der Waals surface area contributed by atoms with Crippen molar-refractivity contribution in [2.75, 3.05) is 0 Å². The van der Waals surface area contributed by atoms with Crippen LogP contribution in [0.4, 0.5) is 0 Å². The van der Waals surface area contributed by atoms with E-state index in [2.05, 4.69) is 32.9 Å². The molecule has 0 bridgehead atoms. The lowest BCUT2D eigenvalue weighted by atomic mass is 9.60. The summed E-state index contributed by atoms with van der Waals surface area (Å²) in [6.07, 6.45) is 21.3. The number of hydrogen-bond donors (Lipinski definition) is 0. The lowest BCUT2D eigenvalue weighted by molar-refractivity contribution is 0.300. The molecule has 0 unspecified atom stereocenters. The molecular formula is C27H43B3O3. The van der Waals surface area contributed by atoms with E-state index in [-0.39, 0.29) is 0 Å². The van der Waals surface area contributed by atoms with Crippen molar-refractivity contribution in [1.29, 1.82) is 0 Å². The first-order chi connectivity index (χ1) is 16.1. The molecule has 0 aliphatic carbocycles. The van der Waals surface area contributed by atoms with E-state index >= 15 is 0 Å². The van der Waals surface area contributed by atoms with Crippen molar-refractivity contribution in [1.82, 2.24) is 0 Å². The van der Waals surface area contributed by atoms with Crippen molar-refractivity contribution >= 4 is 21.4 Å². The SMILES string of the molecule is C=C/C=C\C(=C/C=C)B1OB(/C(C=C)=C/C=C)OB(C(/C=C\C)=C/C=C)O1.CC.CC.CC. The minimum atomic E-state index is -0.673. The van der Waals surface area contributed by atoms with Crippen molar-refractivity contribution in [3.05, 3.63) is 122 Å². The molecule has 0 amide bonds. The predicted octanol–water partition coefficient (Wildman–Crippen LogP) is 8.05. The van der Waals surface area contributed by atoms with Crippen LogP contribution >= 0.6 is 0 Å². The molecule has 1 saturated heterocycles. The molecule has 0 N–H and O–H groups in total. The third kappa shape index (κ3) is 14.3. The van der Waals surface area contributed by atoms with E-state index in [9.17, 15) is 0 Å². The summed E-state index contributed by atoms with van der Waals surface area (Å²) in [5.41, 5.74) is 2.34. The second-order valence-corrected chi connectivity index (χ2v) is 5.41. The van der Waals surface area contributed by atoms with Crippen LogP contribution in [0.3, 0.4) is 0 Å². The van der Waals surface area contributed by atoms with Gasteiger partial charge in [-0.25, -0.2) is 0 Å². The van der Waals surface area contributed by atoms with Crippen LogP contribution in [0, 0.1) is 0 Å². The van der Waals surface area contributed by atoms with Crippen molar-refractivity contribution in [3.8, 4) is 0 Å². The van der Waals surface area contributed by atoms with Gasteiger partial charge in [0.2, 0.25) is 0 Å². The van der Waals surface area contributed by atoms with Gasteiger partial charge in [-0.1, -0.05) is 147 Å². The maximum absolute atomic E-state index is 6.07. The first-order valence-corrected chi connectivity index (χ1v) is 11.6. The van der Waals surface area contributed by atoms with Crippen molar-refractivity contribution in [2.24, 2.45) is 0 Å². The van der Waals surface area contributed by atoms with Crippen LogP contribution in [0.25, 0.3) is 0 Å². The second kappa shape index (κ2) is 25.7. The third-order valence-electron chi connectivity index (χ3n) is 3.51. The van der Waals surface area contributed by atoms with Gasteiger partial charge in [-0.3, -0.25) is 0 Å². The van der Waals surface area contributed by atoms with Gasteiger partial charge in [0.15, 0.2) is 0 Å². The molecule has 0 aromatic rings. The fourth-order valence-electron chi connectivity index (χ4n) is 2.35. The van der Waals surface area contributed by atoms with Gasteiger partial charge in [-0.15, -0.1) is 0 Å². The molecule has 1 aliphatic heterocycles. The van der Waals surface area contributed by atoms with Gasteiger partial charge in [-0.2, -0.15) is 0 Å². The quantitative estimate of drug-likeness (QED) is 0.250. The number of hydrogen-bond acceptors (Lipinski definition) is 3. The minimum absolute atomic E-state index is 0.651. The lowest BCUT2D eigenvalue weighted by Crippen LogP contribution is -2.51. The standard InChI is InChI=1S/C21H25B3O3.3C2H6/c1-7-13-18-21(17-11-5)24-26-22(19(12-6)14-8-2)25-23(27-24)20(15-9-3)16-10-4;3*1-2/h7-18H,1-3,5-6H2,4H3;3*1-2H3/b16-10-,18-13-,19-14+,20-15+,21-17+;;;. The smallest absolute Gasteiger partial charge is 0.445 e. The van der Waals surface area contributed by atoms with Gasteiger partial charge in [0.1, 0.15) is 0 Å². The highest BCUT2D eigenvalue weighted by Crippen LogP contribution is 2.24. The maximum Gasteiger partial charge on any atom is 0.467 e. The van der Waals surface area contributed by atoms with Gasteiger partial charge in [-0.05, 0) is 23.3 Å². The molecule has 1 aliphatic rings. The summed E-state index contributed by atoms with van der Waals surface area (Å²) in [6, 6.07) is 0. The van der Waals surface area contributed by atoms with Crippen LogP contribution in [0.5, 0.6) is 0 Å². The Hall–Kier alpha value is -2.53. The molecule has 3 nitrogen and oxygen atoms in total. The first-order valence-electron chi connectivity index (χ1n) is 11.6. The molecule has 0 spiro atoms. The molecule has 1 heterocycles. The molecule has 0 atom stereocenters. The van der Waals surface area contributed by atoms with Crippen LogP contribution in [0.1, 0.15) is 48.5 Å². The lowest BCUT2D eigenvalue weighted by Gasteiger charge is -2.32. The molecule has 0 radical (unpaired) electrons. The van der Waals surface area contributed by atoms with E-state index in [1.54, 1.807) is 36.5 Å². The topological polar surface area (TPSA) is 27.7 Å². The fourth-order valence-corrected chi connectivity index (χ4v) is 2.35. The summed E-state index contributed by atoms with van der Waals surface area (Å²) in [6.45, 7) is 32.7. The second-order valence-electron chi connectivity index (χ2n) is 5.41. The van der Waals surface area contributed by atoms with Crippen LogP contribution in [-0.4, -0.2) is 21.4 Å². The summed E-state index contributed by atoms with van der Waals surface area (Å²) < 4.78 is 18.1. The summed E-state index contributed by atoms with van der Waals surface area (Å²) in [5.74, 6) is 0. The zero-order chi connectivity index (χ0) is 26.1. The highest BCUT2D eigenvalue weighted by atomic mass is 16.7. The highest BCUT2D eigenvalue weighted by Gasteiger charge is 2.44.